The number of aliphatic hydroxyl groups excluding tert-OH is 1. The highest BCUT2D eigenvalue weighted by atomic mass is 16.3. The fourth-order valence-electron chi connectivity index (χ4n) is 3.15. The molecule has 2 N–H and O–H groups in total. The molecule has 0 bridgehead atoms. The Morgan fingerprint density at radius 3 is 2.38 bits per heavy atom. The average Bonchev–Trinajstić information content (AvgIpc) is 3.26. The number of nitrogens with one attached hydrogen (secondary N) is 1. The van der Waals surface area contributed by atoms with Gasteiger partial charge >= 0.3 is 0 Å². The summed E-state index contributed by atoms with van der Waals surface area (Å²) in [5.74, 6) is 0.733. The zero-order chi connectivity index (χ0) is 15.5. The Balaban J connectivity index is 1.91. The zero-order valence-electron chi connectivity index (χ0n) is 13.7. The van der Waals surface area contributed by atoms with Gasteiger partial charge in [-0.05, 0) is 45.4 Å². The topological polar surface area (TPSA) is 52.6 Å². The number of hydrogen-bond acceptors (Lipinski definition) is 3. The van der Waals surface area contributed by atoms with Crippen LogP contribution < -0.4 is 5.32 Å². The third kappa shape index (κ3) is 4.22. The molecule has 2 aliphatic carbocycles. The molecule has 2 saturated carbocycles. The summed E-state index contributed by atoms with van der Waals surface area (Å²) in [6.07, 6.45) is 8.48. The van der Waals surface area contributed by atoms with Crippen molar-refractivity contribution >= 4 is 5.91 Å². The number of allylic oxidation sites excluding steroid dienone is 1. The van der Waals surface area contributed by atoms with Gasteiger partial charge in [-0.2, -0.15) is 0 Å². The summed E-state index contributed by atoms with van der Waals surface area (Å²) in [7, 11) is 2.08. The summed E-state index contributed by atoms with van der Waals surface area (Å²) in [4.78, 5) is 14.5. The van der Waals surface area contributed by atoms with Crippen molar-refractivity contribution < 1.29 is 9.90 Å². The van der Waals surface area contributed by atoms with Crippen LogP contribution >= 0.6 is 0 Å². The molecule has 120 valence electrons. The van der Waals surface area contributed by atoms with E-state index < -0.39 is 0 Å². The summed E-state index contributed by atoms with van der Waals surface area (Å²) in [6, 6.07) is 0. The smallest absolute Gasteiger partial charge is 0.249 e. The Morgan fingerprint density at radius 2 is 1.86 bits per heavy atom. The second-order valence-corrected chi connectivity index (χ2v) is 6.99. The van der Waals surface area contributed by atoms with Gasteiger partial charge in [0.25, 0.3) is 0 Å². The maximum atomic E-state index is 12.3. The van der Waals surface area contributed by atoms with E-state index >= 15 is 0 Å². The van der Waals surface area contributed by atoms with Gasteiger partial charge in [0.1, 0.15) is 0 Å². The van der Waals surface area contributed by atoms with E-state index in [2.05, 4.69) is 17.3 Å². The van der Waals surface area contributed by atoms with Crippen molar-refractivity contribution in [2.45, 2.75) is 64.3 Å². The lowest BCUT2D eigenvalue weighted by atomic mass is 9.89. The van der Waals surface area contributed by atoms with Gasteiger partial charge in [0.05, 0.1) is 12.1 Å². The van der Waals surface area contributed by atoms with E-state index in [0.717, 1.165) is 36.6 Å². The molecule has 2 aliphatic rings. The minimum Gasteiger partial charge on any atom is -0.394 e. The molecule has 0 aromatic carbocycles. The van der Waals surface area contributed by atoms with Crippen LogP contribution in [0.1, 0.15) is 58.8 Å². The normalized spacial score (nSPS) is 22.5. The molecular formula is C17H30N2O2. The summed E-state index contributed by atoms with van der Waals surface area (Å²) >= 11 is 0. The highest BCUT2D eigenvalue weighted by molar-refractivity contribution is 5.94. The Bertz CT molecular complexity index is 407. The Morgan fingerprint density at radius 1 is 1.24 bits per heavy atom. The molecule has 0 radical (unpaired) electrons. The lowest BCUT2D eigenvalue weighted by molar-refractivity contribution is -0.118. The van der Waals surface area contributed by atoms with Crippen LogP contribution in [0.25, 0.3) is 0 Å². The molecule has 2 rings (SSSR count). The van der Waals surface area contributed by atoms with E-state index in [9.17, 15) is 9.90 Å². The van der Waals surface area contributed by atoms with Crippen molar-refractivity contribution in [3.8, 4) is 0 Å². The largest absolute Gasteiger partial charge is 0.394 e. The van der Waals surface area contributed by atoms with E-state index in [-0.39, 0.29) is 18.1 Å². The predicted octanol–water partition coefficient (Wildman–Crippen LogP) is 2.43. The first-order chi connectivity index (χ1) is 9.97. The molecule has 0 aromatic rings. The van der Waals surface area contributed by atoms with E-state index in [1.165, 1.54) is 32.1 Å². The number of carbonyl (C=O) groups is 1. The summed E-state index contributed by atoms with van der Waals surface area (Å²) in [5.41, 5.74) is 1.49. The van der Waals surface area contributed by atoms with Gasteiger partial charge < -0.3 is 15.3 Å². The fraction of sp³-hybridized carbons (Fsp3) is 0.824. The second-order valence-electron chi connectivity index (χ2n) is 6.99. The molecule has 0 saturated heterocycles. The third-order valence-electron chi connectivity index (χ3n) is 5.25. The second kappa shape index (κ2) is 6.82. The van der Waals surface area contributed by atoms with E-state index in [1.807, 2.05) is 13.8 Å². The molecule has 21 heavy (non-hydrogen) atoms. The van der Waals surface area contributed by atoms with Gasteiger partial charge in [-0.25, -0.2) is 0 Å². The summed E-state index contributed by atoms with van der Waals surface area (Å²) in [6.45, 7) is 5.00. The van der Waals surface area contributed by atoms with Crippen LogP contribution in [-0.2, 0) is 4.79 Å². The Labute approximate surface area is 128 Å². The lowest BCUT2D eigenvalue weighted by Crippen LogP contribution is -2.41. The Kier molecular flexibility index (Phi) is 5.31. The van der Waals surface area contributed by atoms with E-state index in [1.54, 1.807) is 0 Å². The van der Waals surface area contributed by atoms with Gasteiger partial charge in [-0.15, -0.1) is 0 Å². The van der Waals surface area contributed by atoms with Crippen molar-refractivity contribution in [1.29, 1.82) is 0 Å². The first-order valence-electron chi connectivity index (χ1n) is 8.29. The molecular weight excluding hydrogens is 264 g/mol. The maximum absolute atomic E-state index is 12.3. The minimum atomic E-state index is -0.333. The van der Waals surface area contributed by atoms with Crippen LogP contribution in [0, 0.1) is 5.92 Å². The molecule has 0 heterocycles. The monoisotopic (exact) mass is 294 g/mol. The fourth-order valence-corrected chi connectivity index (χ4v) is 3.15. The lowest BCUT2D eigenvalue weighted by Gasteiger charge is -2.29. The van der Waals surface area contributed by atoms with Gasteiger partial charge in [0, 0.05) is 24.9 Å². The van der Waals surface area contributed by atoms with Gasteiger partial charge in [-0.1, -0.05) is 19.3 Å². The van der Waals surface area contributed by atoms with Crippen LogP contribution in [0.5, 0.6) is 0 Å². The molecule has 1 amide bonds. The van der Waals surface area contributed by atoms with Crippen molar-refractivity contribution in [3.63, 3.8) is 0 Å². The molecule has 0 atom stereocenters. The number of aliphatic hydroxyl groups is 1. The van der Waals surface area contributed by atoms with Crippen LogP contribution in [0.4, 0.5) is 0 Å². The van der Waals surface area contributed by atoms with Gasteiger partial charge in [-0.3, -0.25) is 4.79 Å². The standard InChI is InChI=1S/C17H30N2O2/c1-13(16(21)18-17(12-20)9-10-17)14(2)19(3)11-15-7-5-4-6-8-15/h15,20H,4-12H2,1-3H3,(H,18,21). The van der Waals surface area contributed by atoms with Crippen molar-refractivity contribution in [3.05, 3.63) is 11.3 Å². The summed E-state index contributed by atoms with van der Waals surface area (Å²) in [5, 5.41) is 12.3. The van der Waals surface area contributed by atoms with Crippen LogP contribution in [0.3, 0.4) is 0 Å². The van der Waals surface area contributed by atoms with E-state index in [4.69, 9.17) is 0 Å². The van der Waals surface area contributed by atoms with Gasteiger partial charge in [0.15, 0.2) is 0 Å². The Hall–Kier alpha value is -1.03. The third-order valence-corrected chi connectivity index (χ3v) is 5.25. The first kappa shape index (κ1) is 16.3. The van der Waals surface area contributed by atoms with Crippen molar-refractivity contribution in [1.82, 2.24) is 10.2 Å². The first-order valence-corrected chi connectivity index (χ1v) is 8.29. The molecule has 4 nitrogen and oxygen atoms in total. The quantitative estimate of drug-likeness (QED) is 0.740. The van der Waals surface area contributed by atoms with E-state index in [0.29, 0.717) is 0 Å². The number of nitrogens with zero attached hydrogens (tertiary/aromatic N) is 1. The molecule has 2 fully saturated rings. The highest BCUT2D eigenvalue weighted by Gasteiger charge is 2.43. The molecule has 0 spiro atoms. The number of hydrogen-bond donors (Lipinski definition) is 2. The highest BCUT2D eigenvalue weighted by Crippen LogP contribution is 2.35. The van der Waals surface area contributed by atoms with Crippen LogP contribution in [0.2, 0.25) is 0 Å². The molecule has 4 heteroatoms. The molecule has 0 aromatic heterocycles. The minimum absolute atomic E-state index is 0.0328. The van der Waals surface area contributed by atoms with Crippen molar-refractivity contribution in [2.75, 3.05) is 20.2 Å². The van der Waals surface area contributed by atoms with Gasteiger partial charge in [0.2, 0.25) is 5.91 Å². The number of amides is 1. The van der Waals surface area contributed by atoms with Crippen LogP contribution in [-0.4, -0.2) is 41.7 Å². The number of rotatable bonds is 6. The van der Waals surface area contributed by atoms with Crippen LogP contribution in [0.15, 0.2) is 11.3 Å². The number of carbonyl (C=O) groups excluding carboxylic acids is 1. The summed E-state index contributed by atoms with van der Waals surface area (Å²) < 4.78 is 0. The maximum Gasteiger partial charge on any atom is 0.249 e. The zero-order valence-corrected chi connectivity index (χ0v) is 13.7. The average molecular weight is 294 g/mol. The SMILES string of the molecule is CC(C(=O)NC1(CO)CC1)=C(C)N(C)CC1CCCCC1. The predicted molar refractivity (Wildman–Crippen MR) is 84.8 cm³/mol. The molecule has 0 aliphatic heterocycles. The van der Waals surface area contributed by atoms with Crippen molar-refractivity contribution in [2.24, 2.45) is 5.92 Å². The molecule has 0 unspecified atom stereocenters.